The minimum absolute atomic E-state index is 0.482. The van der Waals surface area contributed by atoms with E-state index >= 15 is 0 Å². The van der Waals surface area contributed by atoms with Gasteiger partial charge >= 0.3 is 0 Å². The van der Waals surface area contributed by atoms with Crippen molar-refractivity contribution in [2.45, 2.75) is 31.8 Å². The minimum atomic E-state index is 0.482. The molecule has 1 aliphatic rings. The molecule has 0 saturated carbocycles. The molecule has 1 atom stereocenters. The van der Waals surface area contributed by atoms with Crippen molar-refractivity contribution in [2.75, 3.05) is 46.6 Å². The Labute approximate surface area is 98.6 Å². The van der Waals surface area contributed by atoms with E-state index < -0.39 is 0 Å². The van der Waals surface area contributed by atoms with Gasteiger partial charge in [0.2, 0.25) is 0 Å². The third kappa shape index (κ3) is 7.17. The summed E-state index contributed by atoms with van der Waals surface area (Å²) in [4.78, 5) is 0. The van der Waals surface area contributed by atoms with Crippen LogP contribution in [0.5, 0.6) is 0 Å². The van der Waals surface area contributed by atoms with Crippen molar-refractivity contribution in [3.8, 4) is 0 Å². The first kappa shape index (κ1) is 13.9. The summed E-state index contributed by atoms with van der Waals surface area (Å²) in [6.45, 7) is 5.01. The smallest absolute Gasteiger partial charge is 0.0700 e. The first-order valence-electron chi connectivity index (χ1n) is 6.32. The van der Waals surface area contributed by atoms with Crippen molar-refractivity contribution in [1.29, 1.82) is 0 Å². The van der Waals surface area contributed by atoms with E-state index in [9.17, 15) is 0 Å². The molecule has 0 bridgehead atoms. The highest BCUT2D eigenvalue weighted by molar-refractivity contribution is 4.64. The number of methoxy groups -OCH3 is 1. The van der Waals surface area contributed by atoms with Crippen molar-refractivity contribution >= 4 is 0 Å². The Morgan fingerprint density at radius 2 is 2.12 bits per heavy atom. The molecule has 1 unspecified atom stereocenters. The van der Waals surface area contributed by atoms with Gasteiger partial charge in [-0.05, 0) is 32.2 Å². The average Bonchev–Trinajstić information content (AvgIpc) is 2.34. The normalized spacial score (nSPS) is 21.2. The van der Waals surface area contributed by atoms with Crippen molar-refractivity contribution in [3.63, 3.8) is 0 Å². The van der Waals surface area contributed by atoms with Crippen molar-refractivity contribution in [2.24, 2.45) is 0 Å². The summed E-state index contributed by atoms with van der Waals surface area (Å²) in [5.41, 5.74) is 0. The fourth-order valence-corrected chi connectivity index (χ4v) is 1.81. The summed E-state index contributed by atoms with van der Waals surface area (Å²) in [6.07, 6.45) is 5.39. The number of ether oxygens (including phenoxy) is 3. The molecule has 0 radical (unpaired) electrons. The van der Waals surface area contributed by atoms with Crippen LogP contribution in [0.15, 0.2) is 0 Å². The molecule has 1 rings (SSSR count). The lowest BCUT2D eigenvalue weighted by atomic mass is 10.1. The average molecular weight is 231 g/mol. The fourth-order valence-electron chi connectivity index (χ4n) is 1.81. The molecule has 0 aromatic rings. The Morgan fingerprint density at radius 1 is 1.19 bits per heavy atom. The quantitative estimate of drug-likeness (QED) is 0.605. The van der Waals surface area contributed by atoms with Gasteiger partial charge in [0.05, 0.1) is 25.9 Å². The Morgan fingerprint density at radius 3 is 2.88 bits per heavy atom. The van der Waals surface area contributed by atoms with Crippen LogP contribution in [0.2, 0.25) is 0 Å². The maximum absolute atomic E-state index is 5.65. The molecule has 0 amide bonds. The first-order chi connectivity index (χ1) is 7.93. The topological polar surface area (TPSA) is 39.7 Å². The maximum atomic E-state index is 5.65. The van der Waals surface area contributed by atoms with Gasteiger partial charge in [0.1, 0.15) is 0 Å². The van der Waals surface area contributed by atoms with Crippen LogP contribution in [0.25, 0.3) is 0 Å². The molecule has 0 aliphatic carbocycles. The second-order valence-electron chi connectivity index (χ2n) is 4.13. The molecule has 1 saturated heterocycles. The molecule has 1 heterocycles. The molecule has 1 fully saturated rings. The fraction of sp³-hybridized carbons (Fsp3) is 1.00. The molecule has 96 valence electrons. The second-order valence-corrected chi connectivity index (χ2v) is 4.13. The van der Waals surface area contributed by atoms with Crippen molar-refractivity contribution in [3.05, 3.63) is 0 Å². The molecule has 1 N–H and O–H groups in total. The Hall–Kier alpha value is -0.160. The monoisotopic (exact) mass is 231 g/mol. The summed E-state index contributed by atoms with van der Waals surface area (Å²) in [6, 6.07) is 0. The standard InChI is InChI=1S/C12H25NO3/c1-14-10-11-15-9-7-13-6-5-12-4-2-3-8-16-12/h12-13H,2-11H2,1H3. The predicted octanol–water partition coefficient (Wildman–Crippen LogP) is 1.20. The lowest BCUT2D eigenvalue weighted by molar-refractivity contribution is 0.0111. The highest BCUT2D eigenvalue weighted by Crippen LogP contribution is 2.14. The summed E-state index contributed by atoms with van der Waals surface area (Å²) in [7, 11) is 1.69. The largest absolute Gasteiger partial charge is 0.382 e. The van der Waals surface area contributed by atoms with Gasteiger partial charge in [-0.15, -0.1) is 0 Å². The lowest BCUT2D eigenvalue weighted by Gasteiger charge is -2.22. The highest BCUT2D eigenvalue weighted by atomic mass is 16.5. The third-order valence-corrected chi connectivity index (χ3v) is 2.77. The molecule has 4 heteroatoms. The molecular formula is C12H25NO3. The highest BCUT2D eigenvalue weighted by Gasteiger charge is 2.12. The molecule has 0 aromatic heterocycles. The van der Waals surface area contributed by atoms with Crippen LogP contribution in [0.4, 0.5) is 0 Å². The molecule has 0 aromatic carbocycles. The lowest BCUT2D eigenvalue weighted by Crippen LogP contribution is -2.27. The molecule has 1 aliphatic heterocycles. The van der Waals surface area contributed by atoms with Gasteiger partial charge in [0.15, 0.2) is 0 Å². The van der Waals surface area contributed by atoms with Crippen molar-refractivity contribution < 1.29 is 14.2 Å². The van der Waals surface area contributed by atoms with Crippen LogP contribution >= 0.6 is 0 Å². The number of hydrogen-bond donors (Lipinski definition) is 1. The second kappa shape index (κ2) is 10.0. The predicted molar refractivity (Wildman–Crippen MR) is 63.8 cm³/mol. The molecule has 16 heavy (non-hydrogen) atoms. The molecule has 4 nitrogen and oxygen atoms in total. The van der Waals surface area contributed by atoms with Gasteiger partial charge in [-0.2, -0.15) is 0 Å². The first-order valence-corrected chi connectivity index (χ1v) is 6.32. The van der Waals surface area contributed by atoms with Crippen LogP contribution in [-0.4, -0.2) is 52.7 Å². The minimum Gasteiger partial charge on any atom is -0.382 e. The van der Waals surface area contributed by atoms with Gasteiger partial charge in [0, 0.05) is 20.3 Å². The SMILES string of the molecule is COCCOCCNCCC1CCCCO1. The summed E-state index contributed by atoms with van der Waals surface area (Å²) < 4.78 is 15.9. The van der Waals surface area contributed by atoms with E-state index in [1.165, 1.54) is 19.3 Å². The van der Waals surface area contributed by atoms with E-state index in [-0.39, 0.29) is 0 Å². The molecular weight excluding hydrogens is 206 g/mol. The van der Waals surface area contributed by atoms with E-state index in [1.807, 2.05) is 0 Å². The maximum Gasteiger partial charge on any atom is 0.0700 e. The van der Waals surface area contributed by atoms with Gasteiger partial charge in [-0.3, -0.25) is 0 Å². The summed E-state index contributed by atoms with van der Waals surface area (Å²) >= 11 is 0. The number of nitrogens with one attached hydrogen (secondary N) is 1. The zero-order valence-corrected chi connectivity index (χ0v) is 10.4. The van der Waals surface area contributed by atoms with Gasteiger partial charge < -0.3 is 19.5 Å². The Bertz CT molecular complexity index is 149. The Kier molecular flexibility index (Phi) is 8.71. The van der Waals surface area contributed by atoms with Gasteiger partial charge in [-0.1, -0.05) is 0 Å². The number of rotatable bonds is 9. The van der Waals surface area contributed by atoms with Crippen LogP contribution in [0.1, 0.15) is 25.7 Å². The van der Waals surface area contributed by atoms with Gasteiger partial charge in [-0.25, -0.2) is 0 Å². The van der Waals surface area contributed by atoms with Crippen molar-refractivity contribution in [1.82, 2.24) is 5.32 Å². The van der Waals surface area contributed by atoms with E-state index in [2.05, 4.69) is 5.32 Å². The van der Waals surface area contributed by atoms with Gasteiger partial charge in [0.25, 0.3) is 0 Å². The zero-order valence-electron chi connectivity index (χ0n) is 10.4. The van der Waals surface area contributed by atoms with Crippen LogP contribution in [0, 0.1) is 0 Å². The van der Waals surface area contributed by atoms with Crippen LogP contribution in [0.3, 0.4) is 0 Å². The number of hydrogen-bond acceptors (Lipinski definition) is 4. The third-order valence-electron chi connectivity index (χ3n) is 2.77. The summed E-state index contributed by atoms with van der Waals surface area (Å²) in [5.74, 6) is 0. The van der Waals surface area contributed by atoms with Crippen LogP contribution in [-0.2, 0) is 14.2 Å². The summed E-state index contributed by atoms with van der Waals surface area (Å²) in [5, 5.41) is 3.36. The van der Waals surface area contributed by atoms with Crippen LogP contribution < -0.4 is 5.32 Å². The van der Waals surface area contributed by atoms with E-state index in [0.29, 0.717) is 19.3 Å². The van der Waals surface area contributed by atoms with E-state index in [4.69, 9.17) is 14.2 Å². The Balaban J connectivity index is 1.77. The van der Waals surface area contributed by atoms with E-state index in [1.54, 1.807) is 7.11 Å². The zero-order chi connectivity index (χ0) is 11.5. The van der Waals surface area contributed by atoms with E-state index in [0.717, 1.165) is 32.7 Å². The molecule has 0 spiro atoms.